The zero-order valence-corrected chi connectivity index (χ0v) is 21.7. The number of carbonyl (C=O) groups is 2. The molecule has 0 radical (unpaired) electrons. The van der Waals surface area contributed by atoms with Crippen LogP contribution in [0.5, 0.6) is 0 Å². The van der Waals surface area contributed by atoms with Gasteiger partial charge in [-0.05, 0) is 80.6 Å². The standard InChI is InChI=1S/C29H39N3O4/c1-28-17-15-22-20(11-14-25-29(22,2)18-16-27(34)31(25)3)21(28)12-13-24(28)30-26(33)10-6-8-19-7-4-5-9-23(19)32(35)36/h4-5,7,9,16,18,20-22,24-25H,6,8,10-15,17H2,1-3H3,(H,30,33)/t20-,21-,22-,24-,25+,28-,29+/m0/s1. The molecule has 1 N–H and O–H groups in total. The van der Waals surface area contributed by atoms with Gasteiger partial charge in [-0.1, -0.05) is 38.1 Å². The summed E-state index contributed by atoms with van der Waals surface area (Å²) in [5, 5.41) is 14.6. The minimum Gasteiger partial charge on any atom is -0.353 e. The lowest BCUT2D eigenvalue weighted by Gasteiger charge is -2.60. The van der Waals surface area contributed by atoms with Crippen LogP contribution in [0.4, 0.5) is 5.69 Å². The van der Waals surface area contributed by atoms with Crippen LogP contribution in [0.3, 0.4) is 0 Å². The lowest BCUT2D eigenvalue weighted by atomic mass is 9.48. The average molecular weight is 494 g/mol. The van der Waals surface area contributed by atoms with Crippen molar-refractivity contribution in [3.63, 3.8) is 0 Å². The zero-order chi connectivity index (χ0) is 25.7. The topological polar surface area (TPSA) is 92.6 Å². The van der Waals surface area contributed by atoms with Crippen molar-refractivity contribution in [3.05, 3.63) is 52.1 Å². The Morgan fingerprint density at radius 3 is 2.69 bits per heavy atom. The molecule has 0 aromatic heterocycles. The molecule has 7 atom stereocenters. The minimum absolute atomic E-state index is 0.0360. The highest BCUT2D eigenvalue weighted by Crippen LogP contribution is 2.63. The molecule has 7 nitrogen and oxygen atoms in total. The molecule has 194 valence electrons. The first kappa shape index (κ1) is 25.0. The Kier molecular flexibility index (Phi) is 6.46. The van der Waals surface area contributed by atoms with Gasteiger partial charge in [-0.2, -0.15) is 0 Å². The maximum atomic E-state index is 12.9. The van der Waals surface area contributed by atoms with Crippen molar-refractivity contribution in [1.82, 2.24) is 10.2 Å². The van der Waals surface area contributed by atoms with E-state index in [0.29, 0.717) is 42.6 Å². The molecule has 2 amide bonds. The van der Waals surface area contributed by atoms with E-state index < -0.39 is 0 Å². The average Bonchev–Trinajstić information content (AvgIpc) is 3.18. The van der Waals surface area contributed by atoms with E-state index in [2.05, 4.69) is 25.2 Å². The van der Waals surface area contributed by atoms with Gasteiger partial charge in [0.25, 0.3) is 5.69 Å². The number of fused-ring (bicyclic) bond motifs is 5. The predicted octanol–water partition coefficient (Wildman–Crippen LogP) is 5.04. The minimum atomic E-state index is -0.349. The molecule has 1 aromatic carbocycles. The molecule has 1 heterocycles. The van der Waals surface area contributed by atoms with Gasteiger partial charge in [0.15, 0.2) is 0 Å². The van der Waals surface area contributed by atoms with E-state index in [1.165, 1.54) is 6.07 Å². The predicted molar refractivity (Wildman–Crippen MR) is 138 cm³/mol. The third kappa shape index (κ3) is 4.04. The molecular formula is C29H39N3O4. The Balaban J connectivity index is 1.21. The van der Waals surface area contributed by atoms with E-state index in [-0.39, 0.29) is 45.3 Å². The van der Waals surface area contributed by atoms with Crippen LogP contribution in [0, 0.1) is 38.7 Å². The lowest BCUT2D eigenvalue weighted by molar-refractivity contribution is -0.385. The molecule has 0 bridgehead atoms. The summed E-state index contributed by atoms with van der Waals surface area (Å²) in [6, 6.07) is 7.27. The number of amides is 2. The van der Waals surface area contributed by atoms with Crippen LogP contribution in [-0.4, -0.2) is 40.8 Å². The van der Waals surface area contributed by atoms with Crippen LogP contribution in [0.1, 0.15) is 70.8 Å². The van der Waals surface area contributed by atoms with Gasteiger partial charge in [0.05, 0.1) is 4.92 Å². The number of hydrogen-bond acceptors (Lipinski definition) is 4. The third-order valence-electron chi connectivity index (χ3n) is 10.5. The second-order valence-corrected chi connectivity index (χ2v) is 12.1. The number of nitrogens with zero attached hydrogens (tertiary/aromatic N) is 2. The zero-order valence-electron chi connectivity index (χ0n) is 21.7. The molecule has 1 aromatic rings. The summed E-state index contributed by atoms with van der Waals surface area (Å²) >= 11 is 0. The Labute approximate surface area is 213 Å². The molecule has 0 saturated heterocycles. The van der Waals surface area contributed by atoms with Crippen LogP contribution >= 0.6 is 0 Å². The van der Waals surface area contributed by atoms with Gasteiger partial charge >= 0.3 is 0 Å². The van der Waals surface area contributed by atoms with Gasteiger partial charge in [0.2, 0.25) is 11.8 Å². The van der Waals surface area contributed by atoms with E-state index in [1.54, 1.807) is 18.2 Å². The van der Waals surface area contributed by atoms with Gasteiger partial charge in [0.1, 0.15) is 0 Å². The molecule has 1 aliphatic heterocycles. The van der Waals surface area contributed by atoms with Crippen molar-refractivity contribution in [1.29, 1.82) is 0 Å². The number of nitro groups is 1. The van der Waals surface area contributed by atoms with Crippen molar-refractivity contribution in [2.45, 2.75) is 83.7 Å². The SMILES string of the molecule is CN1C(=O)C=C[C@]2(C)[C@H]3CC[C@]4(C)[C@@H](NC(=O)CCCc5ccccc5[N+](=O)[O-])CC[C@H]4[C@@H]3CC[C@@H]12. The van der Waals surface area contributed by atoms with Gasteiger partial charge in [-0.3, -0.25) is 19.7 Å². The fraction of sp³-hybridized carbons (Fsp3) is 0.655. The Morgan fingerprint density at radius 2 is 1.92 bits per heavy atom. The van der Waals surface area contributed by atoms with E-state index in [1.807, 2.05) is 18.0 Å². The Hall–Kier alpha value is -2.70. The number of nitro benzene ring substituents is 1. The molecule has 0 unspecified atom stereocenters. The third-order valence-corrected chi connectivity index (χ3v) is 10.5. The van der Waals surface area contributed by atoms with Crippen molar-refractivity contribution in [3.8, 4) is 0 Å². The molecular weight excluding hydrogens is 454 g/mol. The first-order chi connectivity index (χ1) is 17.1. The Bertz CT molecular complexity index is 1090. The fourth-order valence-corrected chi connectivity index (χ4v) is 8.58. The highest BCUT2D eigenvalue weighted by Gasteiger charge is 2.60. The summed E-state index contributed by atoms with van der Waals surface area (Å²) in [4.78, 5) is 38.1. The van der Waals surface area contributed by atoms with Crippen molar-refractivity contribution >= 4 is 17.5 Å². The second kappa shape index (κ2) is 9.31. The maximum Gasteiger partial charge on any atom is 0.272 e. The first-order valence-corrected chi connectivity index (χ1v) is 13.6. The molecule has 36 heavy (non-hydrogen) atoms. The van der Waals surface area contributed by atoms with Crippen molar-refractivity contribution in [2.24, 2.45) is 28.6 Å². The summed E-state index contributed by atoms with van der Waals surface area (Å²) < 4.78 is 0. The summed E-state index contributed by atoms with van der Waals surface area (Å²) in [5.41, 5.74) is 0.967. The number of aryl methyl sites for hydroxylation is 1. The normalized spacial score (nSPS) is 37.1. The number of carbonyl (C=O) groups excluding carboxylic acids is 2. The van der Waals surface area contributed by atoms with Gasteiger partial charge in [-0.15, -0.1) is 0 Å². The summed E-state index contributed by atoms with van der Waals surface area (Å²) in [5.74, 6) is 2.01. The highest BCUT2D eigenvalue weighted by atomic mass is 16.6. The number of nitrogens with one attached hydrogen (secondary N) is 1. The number of hydrogen-bond donors (Lipinski definition) is 1. The lowest BCUT2D eigenvalue weighted by Crippen LogP contribution is -2.60. The van der Waals surface area contributed by atoms with Gasteiger partial charge in [-0.25, -0.2) is 0 Å². The number of rotatable bonds is 6. The smallest absolute Gasteiger partial charge is 0.272 e. The highest BCUT2D eigenvalue weighted by molar-refractivity contribution is 5.89. The first-order valence-electron chi connectivity index (χ1n) is 13.6. The number of benzene rings is 1. The molecule has 3 aliphatic carbocycles. The largest absolute Gasteiger partial charge is 0.353 e. The second-order valence-electron chi connectivity index (χ2n) is 12.1. The van der Waals surface area contributed by atoms with Crippen molar-refractivity contribution < 1.29 is 14.5 Å². The van der Waals surface area contributed by atoms with E-state index >= 15 is 0 Å². The van der Waals surface area contributed by atoms with Crippen LogP contribution in [0.25, 0.3) is 0 Å². The summed E-state index contributed by atoms with van der Waals surface area (Å²) in [6.45, 7) is 4.75. The van der Waals surface area contributed by atoms with E-state index in [4.69, 9.17) is 0 Å². The molecule has 4 aliphatic rings. The van der Waals surface area contributed by atoms with Gasteiger partial charge in [0, 0.05) is 42.6 Å². The number of likely N-dealkylation sites (N-methyl/N-ethyl adjacent to an activating group) is 1. The van der Waals surface area contributed by atoms with E-state index in [9.17, 15) is 19.7 Å². The maximum absolute atomic E-state index is 12.9. The number of para-hydroxylation sites is 1. The molecule has 5 rings (SSSR count). The molecule has 0 spiro atoms. The Morgan fingerprint density at radius 1 is 1.14 bits per heavy atom. The molecule has 3 fully saturated rings. The van der Waals surface area contributed by atoms with Crippen molar-refractivity contribution in [2.75, 3.05) is 7.05 Å². The molecule has 3 saturated carbocycles. The van der Waals surface area contributed by atoms with Crippen LogP contribution in [0.15, 0.2) is 36.4 Å². The van der Waals surface area contributed by atoms with Crippen LogP contribution < -0.4 is 5.32 Å². The van der Waals surface area contributed by atoms with Crippen LogP contribution in [0.2, 0.25) is 0 Å². The molecule has 7 heteroatoms. The van der Waals surface area contributed by atoms with E-state index in [0.717, 1.165) is 38.5 Å². The fourth-order valence-electron chi connectivity index (χ4n) is 8.58. The quantitative estimate of drug-likeness (QED) is 0.444. The monoisotopic (exact) mass is 493 g/mol. The summed E-state index contributed by atoms with van der Waals surface area (Å²) in [7, 11) is 1.96. The van der Waals surface area contributed by atoms with Crippen LogP contribution in [-0.2, 0) is 16.0 Å². The van der Waals surface area contributed by atoms with Gasteiger partial charge < -0.3 is 10.2 Å². The summed E-state index contributed by atoms with van der Waals surface area (Å²) in [6.07, 6.45) is 12.2.